The molecule has 3 unspecified atom stereocenters. The molecule has 4 amide bonds. The van der Waals surface area contributed by atoms with Crippen molar-refractivity contribution in [3.8, 4) is 6.07 Å². The van der Waals surface area contributed by atoms with Gasteiger partial charge in [-0.25, -0.2) is 9.37 Å². The summed E-state index contributed by atoms with van der Waals surface area (Å²) in [6.45, 7) is 1.33. The molecule has 1 aromatic heterocycles. The van der Waals surface area contributed by atoms with E-state index >= 15 is 0 Å². The van der Waals surface area contributed by atoms with Gasteiger partial charge < -0.3 is 21.3 Å². The number of aromatic nitrogens is 2. The van der Waals surface area contributed by atoms with E-state index in [0.717, 1.165) is 0 Å². The maximum Gasteiger partial charge on any atom is 0.272 e. The van der Waals surface area contributed by atoms with Crippen LogP contribution in [0.15, 0.2) is 42.9 Å². The highest BCUT2D eigenvalue weighted by Crippen LogP contribution is 2.11. The van der Waals surface area contributed by atoms with E-state index in [4.69, 9.17) is 0 Å². The molecule has 1 heterocycles. The number of carbonyl (C=O) groups is 4. The van der Waals surface area contributed by atoms with Crippen LogP contribution in [0.1, 0.15) is 35.8 Å². The van der Waals surface area contributed by atoms with Gasteiger partial charge in [0.15, 0.2) is 0 Å². The van der Waals surface area contributed by atoms with Crippen molar-refractivity contribution in [2.24, 2.45) is 5.92 Å². The minimum Gasteiger partial charge on any atom is -0.359 e. The largest absolute Gasteiger partial charge is 0.359 e. The van der Waals surface area contributed by atoms with Crippen molar-refractivity contribution >= 4 is 23.6 Å². The molecule has 1 aromatic carbocycles. The summed E-state index contributed by atoms with van der Waals surface area (Å²) in [5.74, 6) is -3.10. The fourth-order valence-corrected chi connectivity index (χ4v) is 3.34. The van der Waals surface area contributed by atoms with Crippen LogP contribution in [-0.2, 0) is 20.8 Å². The molecule has 0 saturated heterocycles. The normalized spacial score (nSPS) is 12.8. The molecule has 36 heavy (non-hydrogen) atoms. The van der Waals surface area contributed by atoms with Gasteiger partial charge in [-0.3, -0.25) is 24.2 Å². The Balaban J connectivity index is 2.02. The van der Waals surface area contributed by atoms with Gasteiger partial charge in [-0.1, -0.05) is 19.1 Å². The molecule has 0 saturated carbocycles. The average molecular weight is 498 g/mol. The molecule has 12 heteroatoms. The molecular weight excluding hydrogens is 469 g/mol. The van der Waals surface area contributed by atoms with Crippen molar-refractivity contribution in [1.82, 2.24) is 31.2 Å². The van der Waals surface area contributed by atoms with Crippen molar-refractivity contribution in [1.29, 1.82) is 5.26 Å². The number of carbonyl (C=O) groups excluding carboxylic acids is 4. The molecule has 0 fully saturated rings. The first-order valence-electron chi connectivity index (χ1n) is 11.3. The molecular formula is C24H28FN7O4. The lowest BCUT2D eigenvalue weighted by molar-refractivity contribution is -0.127. The molecule has 0 radical (unpaired) electrons. The molecule has 0 bridgehead atoms. The quantitative estimate of drug-likeness (QED) is 0.326. The fraction of sp³-hybridized carbons (Fsp3) is 0.375. The number of amides is 4. The summed E-state index contributed by atoms with van der Waals surface area (Å²) in [7, 11) is 1.49. The Morgan fingerprint density at radius 3 is 2.39 bits per heavy atom. The first-order valence-corrected chi connectivity index (χ1v) is 11.3. The predicted molar refractivity (Wildman–Crippen MR) is 126 cm³/mol. The Morgan fingerprint density at radius 1 is 1.08 bits per heavy atom. The van der Waals surface area contributed by atoms with Crippen LogP contribution in [0.3, 0.4) is 0 Å². The molecule has 2 rings (SSSR count). The Bertz CT molecular complexity index is 1090. The van der Waals surface area contributed by atoms with Crippen molar-refractivity contribution in [3.05, 3.63) is 59.9 Å². The standard InChI is InChI=1S/C24H28FN7O4/c1-3-16(22(34)27-2)11-18(12-26)31-21(33)14-30-23(35)19(10-15-4-6-17(25)7-5-15)32-24(36)20-13-28-8-9-29-20/h4-9,13,16,18-19H,3,10-11,14H2,1-2H3,(H,27,34)(H,30,35)(H,31,33)(H,32,36). The van der Waals surface area contributed by atoms with E-state index in [0.29, 0.717) is 12.0 Å². The molecule has 3 atom stereocenters. The Morgan fingerprint density at radius 2 is 1.81 bits per heavy atom. The predicted octanol–water partition coefficient (Wildman–Crippen LogP) is 0.244. The van der Waals surface area contributed by atoms with Gasteiger partial charge in [0.2, 0.25) is 17.7 Å². The Kier molecular flexibility index (Phi) is 10.9. The number of nitriles is 1. The van der Waals surface area contributed by atoms with Gasteiger partial charge in [0.1, 0.15) is 23.6 Å². The van der Waals surface area contributed by atoms with Gasteiger partial charge in [-0.15, -0.1) is 0 Å². The van der Waals surface area contributed by atoms with E-state index in [9.17, 15) is 28.8 Å². The molecule has 0 aliphatic carbocycles. The molecule has 0 aliphatic rings. The third-order valence-electron chi connectivity index (χ3n) is 5.32. The summed E-state index contributed by atoms with van der Waals surface area (Å²) < 4.78 is 13.3. The lowest BCUT2D eigenvalue weighted by Gasteiger charge is -2.20. The van der Waals surface area contributed by atoms with Crippen LogP contribution < -0.4 is 21.3 Å². The summed E-state index contributed by atoms with van der Waals surface area (Å²) >= 11 is 0. The summed E-state index contributed by atoms with van der Waals surface area (Å²) in [6.07, 6.45) is 4.58. The fourth-order valence-electron chi connectivity index (χ4n) is 3.34. The minimum absolute atomic E-state index is 0.00870. The molecule has 11 nitrogen and oxygen atoms in total. The first-order chi connectivity index (χ1) is 17.3. The summed E-state index contributed by atoms with van der Waals surface area (Å²) in [5.41, 5.74) is 0.565. The lowest BCUT2D eigenvalue weighted by Crippen LogP contribution is -2.51. The maximum absolute atomic E-state index is 13.3. The Labute approximate surface area is 207 Å². The summed E-state index contributed by atoms with van der Waals surface area (Å²) in [5, 5.41) is 19.4. The van der Waals surface area contributed by atoms with E-state index in [1.165, 1.54) is 49.9 Å². The first kappa shape index (κ1) is 27.8. The molecule has 0 aliphatic heterocycles. The molecule has 4 N–H and O–H groups in total. The van der Waals surface area contributed by atoms with E-state index in [-0.39, 0.29) is 24.4 Å². The van der Waals surface area contributed by atoms with Crippen molar-refractivity contribution < 1.29 is 23.6 Å². The van der Waals surface area contributed by atoms with Gasteiger partial charge in [0.05, 0.1) is 18.8 Å². The molecule has 0 spiro atoms. The topological polar surface area (TPSA) is 166 Å². The van der Waals surface area contributed by atoms with Crippen LogP contribution in [0.5, 0.6) is 0 Å². The number of hydrogen-bond donors (Lipinski definition) is 4. The second-order valence-electron chi connectivity index (χ2n) is 7.87. The van der Waals surface area contributed by atoms with E-state index in [1.54, 1.807) is 6.92 Å². The number of benzene rings is 1. The maximum atomic E-state index is 13.3. The number of rotatable bonds is 12. The van der Waals surface area contributed by atoms with E-state index in [1.807, 2.05) is 6.07 Å². The van der Waals surface area contributed by atoms with Crippen LogP contribution in [-0.4, -0.2) is 59.3 Å². The number of halogens is 1. The van der Waals surface area contributed by atoms with Crippen LogP contribution in [0.4, 0.5) is 4.39 Å². The van der Waals surface area contributed by atoms with Gasteiger partial charge >= 0.3 is 0 Å². The third kappa shape index (κ3) is 8.75. The van der Waals surface area contributed by atoms with Crippen LogP contribution >= 0.6 is 0 Å². The zero-order chi connectivity index (χ0) is 26.5. The van der Waals surface area contributed by atoms with E-state index in [2.05, 4.69) is 31.2 Å². The van der Waals surface area contributed by atoms with E-state index < -0.39 is 48.1 Å². The third-order valence-corrected chi connectivity index (χ3v) is 5.32. The van der Waals surface area contributed by atoms with Crippen LogP contribution in [0, 0.1) is 23.1 Å². The van der Waals surface area contributed by atoms with Gasteiger partial charge in [0, 0.05) is 31.8 Å². The van der Waals surface area contributed by atoms with Gasteiger partial charge in [-0.05, 0) is 30.5 Å². The SMILES string of the molecule is CCC(CC(C#N)NC(=O)CNC(=O)C(Cc1ccc(F)cc1)NC(=O)c1cnccn1)C(=O)NC. The van der Waals surface area contributed by atoms with Gasteiger partial charge in [0.25, 0.3) is 5.91 Å². The highest BCUT2D eigenvalue weighted by atomic mass is 19.1. The second kappa shape index (κ2) is 14.1. The van der Waals surface area contributed by atoms with Crippen LogP contribution in [0.2, 0.25) is 0 Å². The van der Waals surface area contributed by atoms with Crippen molar-refractivity contribution in [3.63, 3.8) is 0 Å². The number of nitrogens with zero attached hydrogens (tertiary/aromatic N) is 3. The summed E-state index contributed by atoms with van der Waals surface area (Å²) in [4.78, 5) is 57.3. The zero-order valence-electron chi connectivity index (χ0n) is 20.0. The minimum atomic E-state index is -1.11. The van der Waals surface area contributed by atoms with Crippen LogP contribution in [0.25, 0.3) is 0 Å². The monoisotopic (exact) mass is 497 g/mol. The average Bonchev–Trinajstić information content (AvgIpc) is 2.90. The highest BCUT2D eigenvalue weighted by Gasteiger charge is 2.25. The van der Waals surface area contributed by atoms with Crippen molar-refractivity contribution in [2.75, 3.05) is 13.6 Å². The Hall–Kier alpha value is -4.40. The second-order valence-corrected chi connectivity index (χ2v) is 7.87. The molecule has 190 valence electrons. The number of nitrogens with one attached hydrogen (secondary N) is 4. The zero-order valence-corrected chi connectivity index (χ0v) is 20.0. The van der Waals surface area contributed by atoms with Crippen molar-refractivity contribution in [2.45, 2.75) is 38.3 Å². The lowest BCUT2D eigenvalue weighted by atomic mass is 9.97. The highest BCUT2D eigenvalue weighted by molar-refractivity contribution is 5.96. The smallest absolute Gasteiger partial charge is 0.272 e. The van der Waals surface area contributed by atoms with Gasteiger partial charge in [-0.2, -0.15) is 5.26 Å². The number of hydrogen-bond acceptors (Lipinski definition) is 7. The summed E-state index contributed by atoms with van der Waals surface area (Å²) in [6, 6.07) is 5.32. The molecule has 2 aromatic rings.